The molecule has 15 atom stereocenters. The first-order valence-electron chi connectivity index (χ1n) is 25.5. The lowest BCUT2D eigenvalue weighted by Gasteiger charge is -2.42. The lowest BCUT2D eigenvalue weighted by molar-refractivity contribution is -0.265. The van der Waals surface area contributed by atoms with Gasteiger partial charge in [0.25, 0.3) is 11.7 Å². The summed E-state index contributed by atoms with van der Waals surface area (Å²) < 4.78 is 31.6. The molecule has 2 N–H and O–H groups in total. The van der Waals surface area contributed by atoms with Crippen LogP contribution in [0.3, 0.4) is 0 Å². The van der Waals surface area contributed by atoms with Crippen molar-refractivity contribution in [2.45, 2.75) is 186 Å². The van der Waals surface area contributed by atoms with Gasteiger partial charge >= 0.3 is 5.97 Å². The molecule has 4 aliphatic rings. The van der Waals surface area contributed by atoms with Crippen LogP contribution in [-0.2, 0) is 47.7 Å². The quantitative estimate of drug-likeness (QED) is 0.171. The van der Waals surface area contributed by atoms with Crippen LogP contribution >= 0.6 is 0 Å². The van der Waals surface area contributed by atoms with Crippen molar-refractivity contribution in [1.82, 2.24) is 25.1 Å². The predicted octanol–water partition coefficient (Wildman–Crippen LogP) is 6.44. The van der Waals surface area contributed by atoms with Gasteiger partial charge in [0.15, 0.2) is 5.78 Å². The molecular weight excluding hydrogens is 899 g/mol. The fourth-order valence-electron chi connectivity index (χ4n) is 10.7. The fourth-order valence-corrected chi connectivity index (χ4v) is 10.7. The molecule has 3 aliphatic heterocycles. The molecule has 390 valence electrons. The average molecular weight is 980 g/mol. The first-order chi connectivity index (χ1) is 33.3. The molecule has 17 heteroatoms. The predicted molar refractivity (Wildman–Crippen MR) is 261 cm³/mol. The van der Waals surface area contributed by atoms with Crippen molar-refractivity contribution in [1.29, 1.82) is 0 Å². The van der Waals surface area contributed by atoms with Crippen LogP contribution in [0.2, 0.25) is 0 Å². The Labute approximate surface area is 414 Å². The van der Waals surface area contributed by atoms with Crippen LogP contribution in [0.15, 0.2) is 53.9 Å². The Balaban J connectivity index is 1.45. The van der Waals surface area contributed by atoms with E-state index in [4.69, 9.17) is 23.7 Å². The molecule has 1 aromatic rings. The largest absolute Gasteiger partial charge is 0.460 e. The molecule has 2 saturated heterocycles. The first-order valence-corrected chi connectivity index (χ1v) is 25.5. The zero-order valence-electron chi connectivity index (χ0n) is 43.2. The van der Waals surface area contributed by atoms with E-state index >= 15 is 0 Å². The molecule has 0 aromatic carbocycles. The number of ether oxygens (including phenoxy) is 5. The van der Waals surface area contributed by atoms with Crippen LogP contribution in [0.4, 0.5) is 0 Å². The Kier molecular flexibility index (Phi) is 21.4. The fraction of sp³-hybridized carbons (Fsp3) is 0.736. The highest BCUT2D eigenvalue weighted by atomic mass is 16.6. The van der Waals surface area contributed by atoms with E-state index in [1.807, 2.05) is 45.1 Å². The monoisotopic (exact) mass is 980 g/mol. The minimum absolute atomic E-state index is 0.0516. The van der Waals surface area contributed by atoms with Crippen molar-refractivity contribution < 1.29 is 57.9 Å². The second-order valence-electron chi connectivity index (χ2n) is 20.7. The van der Waals surface area contributed by atoms with Crippen LogP contribution in [0.25, 0.3) is 0 Å². The Hall–Kier alpha value is -4.26. The summed E-state index contributed by atoms with van der Waals surface area (Å²) in [5.74, 6) is -7.70. The molecule has 1 amide bonds. The number of nitrogens with zero attached hydrogens (tertiary/aromatic N) is 5. The molecule has 1 aliphatic carbocycles. The highest BCUT2D eigenvalue weighted by molar-refractivity contribution is 6.39. The molecular formula is C53H81N5O12. The maximum Gasteiger partial charge on any atom is 0.329 e. The van der Waals surface area contributed by atoms with Gasteiger partial charge in [-0.25, -0.2) is 9.48 Å². The number of allylic oxidation sites excluding steroid dienone is 6. The maximum atomic E-state index is 14.5. The Morgan fingerprint density at radius 1 is 0.871 bits per heavy atom. The summed E-state index contributed by atoms with van der Waals surface area (Å²) >= 11 is 0. The third-order valence-corrected chi connectivity index (χ3v) is 15.5. The molecule has 2 bridgehead atoms. The van der Waals surface area contributed by atoms with Crippen molar-refractivity contribution in [2.75, 3.05) is 27.9 Å². The molecule has 1 saturated carbocycles. The number of fused-ring (bicyclic) bond motifs is 3. The number of hydrogen-bond donors (Lipinski definition) is 2. The highest BCUT2D eigenvalue weighted by Crippen LogP contribution is 2.39. The van der Waals surface area contributed by atoms with Crippen molar-refractivity contribution in [3.8, 4) is 0 Å². The van der Waals surface area contributed by atoms with Crippen molar-refractivity contribution in [3.05, 3.63) is 53.9 Å². The second-order valence-corrected chi connectivity index (χ2v) is 20.7. The zero-order chi connectivity index (χ0) is 51.3. The zero-order valence-corrected chi connectivity index (χ0v) is 43.2. The van der Waals surface area contributed by atoms with E-state index in [0.29, 0.717) is 56.9 Å². The van der Waals surface area contributed by atoms with Gasteiger partial charge in [-0.15, -0.1) is 5.10 Å². The van der Waals surface area contributed by atoms with E-state index in [-0.39, 0.29) is 60.9 Å². The van der Waals surface area contributed by atoms with Crippen molar-refractivity contribution >= 4 is 29.2 Å². The van der Waals surface area contributed by atoms with Crippen LogP contribution < -0.4 is 0 Å². The smallest absolute Gasteiger partial charge is 0.329 e. The van der Waals surface area contributed by atoms with Crippen molar-refractivity contribution in [2.24, 2.45) is 35.5 Å². The highest BCUT2D eigenvalue weighted by Gasteiger charge is 2.53. The lowest BCUT2D eigenvalue weighted by Crippen LogP contribution is -2.61. The Bertz CT molecular complexity index is 2040. The summed E-state index contributed by atoms with van der Waals surface area (Å²) in [6.45, 7) is 12.9. The van der Waals surface area contributed by atoms with E-state index in [2.05, 4.69) is 28.5 Å². The number of tetrazole rings is 1. The number of carbonyl (C=O) groups is 5. The molecule has 17 nitrogen and oxygen atoms in total. The van der Waals surface area contributed by atoms with Gasteiger partial charge in [0.1, 0.15) is 36.5 Å². The van der Waals surface area contributed by atoms with Gasteiger partial charge in [0.2, 0.25) is 5.79 Å². The summed E-state index contributed by atoms with van der Waals surface area (Å²) in [7, 11) is 4.64. The summed E-state index contributed by atoms with van der Waals surface area (Å²) in [5.41, 5.74) is 1.29. The number of aliphatic hydroxyl groups is 2. The first kappa shape index (κ1) is 56.7. The summed E-state index contributed by atoms with van der Waals surface area (Å²) in [6, 6.07) is -1.19. The third-order valence-electron chi connectivity index (χ3n) is 15.5. The topological polar surface area (TPSA) is 219 Å². The molecule has 0 spiro atoms. The van der Waals surface area contributed by atoms with Gasteiger partial charge in [-0.05, 0) is 124 Å². The Morgan fingerprint density at radius 3 is 2.31 bits per heavy atom. The van der Waals surface area contributed by atoms with Crippen LogP contribution in [0.5, 0.6) is 0 Å². The molecule has 70 heavy (non-hydrogen) atoms. The van der Waals surface area contributed by atoms with Gasteiger partial charge in [-0.3, -0.25) is 19.2 Å². The number of piperidine rings is 1. The normalized spacial score (nSPS) is 38.5. The van der Waals surface area contributed by atoms with Gasteiger partial charge in [-0.1, -0.05) is 71.1 Å². The van der Waals surface area contributed by atoms with Gasteiger partial charge in [-0.2, -0.15) is 0 Å². The molecule has 0 unspecified atom stereocenters. The minimum Gasteiger partial charge on any atom is -0.460 e. The number of aliphatic hydroxyl groups excluding tert-OH is 1. The third kappa shape index (κ3) is 14.5. The molecule has 4 heterocycles. The van der Waals surface area contributed by atoms with Crippen LogP contribution in [0, 0.1) is 35.5 Å². The average Bonchev–Trinajstić information content (AvgIpc) is 3.90. The van der Waals surface area contributed by atoms with E-state index < -0.39 is 77.8 Å². The number of Topliss-reactive ketones (excluding diaryl/α,β-unsaturated/α-hetero) is 3. The van der Waals surface area contributed by atoms with E-state index in [9.17, 15) is 34.2 Å². The van der Waals surface area contributed by atoms with E-state index in [1.165, 1.54) is 12.0 Å². The van der Waals surface area contributed by atoms with Gasteiger partial charge < -0.3 is 38.8 Å². The summed E-state index contributed by atoms with van der Waals surface area (Å²) in [4.78, 5) is 72.3. The van der Waals surface area contributed by atoms with E-state index in [1.54, 1.807) is 52.1 Å². The van der Waals surface area contributed by atoms with Gasteiger partial charge in [0.05, 0.1) is 24.4 Å². The molecule has 5 rings (SSSR count). The lowest BCUT2D eigenvalue weighted by atomic mass is 9.77. The molecule has 3 fully saturated rings. The number of amides is 1. The van der Waals surface area contributed by atoms with Crippen LogP contribution in [0.1, 0.15) is 138 Å². The molecule has 0 radical (unpaired) electrons. The minimum atomic E-state index is -2.43. The molecule has 1 aromatic heterocycles. The number of esters is 1. The standard InChI is InChI=1S/C53H81N5O12/c1-32-16-12-11-13-17-33(2)44(66-8)29-40-23-21-38(7)53(65,70-40)50(62)51(63)57-25-15-14-18-42(57)52(64)69-45(36(5)27-39-22-24-41(46(28-39)67-9)58-31-54-55-56-58)30-43(59)35(4)26-37(6)48(61)49(68-10)47(60)34(3)20-19-32/h11-13,16-17,26,31-32,34-36,38-42,44-46,48-49,61,65H,14-15,18-25,27-30H2,1-10H3/b13-11+,16-12+,33-17+,37-26+/t32-,34-,35-,36-,38-,39+,40+,41+,42+,44+,45+,46-,48-,49+,53-/m1/s1. The van der Waals surface area contributed by atoms with Crippen LogP contribution in [-0.4, -0.2) is 141 Å². The maximum absolute atomic E-state index is 14.5. The number of hydrogen-bond acceptors (Lipinski definition) is 15. The van der Waals surface area contributed by atoms with Gasteiger partial charge in [0, 0.05) is 58.5 Å². The Morgan fingerprint density at radius 2 is 1.63 bits per heavy atom. The summed E-state index contributed by atoms with van der Waals surface area (Å²) in [6.07, 6.45) is 15.0. The van der Waals surface area contributed by atoms with E-state index in [0.717, 1.165) is 24.8 Å². The number of aromatic nitrogens is 4. The number of methoxy groups -OCH3 is 3. The van der Waals surface area contributed by atoms with Crippen molar-refractivity contribution in [3.63, 3.8) is 0 Å². The number of cyclic esters (lactones) is 1. The summed E-state index contributed by atoms with van der Waals surface area (Å²) in [5, 5.41) is 35.2. The second kappa shape index (κ2) is 26.4. The number of carbonyl (C=O) groups excluding carboxylic acids is 5. The SMILES string of the molecule is CO[C@H]1C[C@@H]2CC[C@@H](C)[C@@](O)(O2)C(=O)C(=O)N2CCCC[C@H]2C(=O)O[C@H]([C@H](C)C[C@@H]2CC[C@H](n3cnnn3)[C@H](OC)C2)CC(=O)[C@H](C)/C=C(\C)[C@@H](O)[C@@H](OC)C(=O)[C@H](C)CC[C@H](C)/C=C/C=C/C=C/1C. The number of rotatable bonds is 7. The number of ketones is 3.